The molecule has 0 radical (unpaired) electrons. The fraction of sp³-hybridized carbons (Fsp3) is 0.286. The molecule has 0 saturated heterocycles. The zero-order valence-electron chi connectivity index (χ0n) is 11.2. The number of aryl methyl sites for hydroxylation is 1. The molecule has 1 aliphatic rings. The largest absolute Gasteiger partial charge is 0.477 e. The number of carbonyl (C=O) groups is 2. The number of amides is 1. The highest BCUT2D eigenvalue weighted by Crippen LogP contribution is 2.38. The number of carbonyl (C=O) groups excluding carboxylic acids is 1. The molecule has 1 fully saturated rings. The Morgan fingerprint density at radius 3 is 2.81 bits per heavy atom. The van der Waals surface area contributed by atoms with Gasteiger partial charge in [-0.1, -0.05) is 0 Å². The molecule has 0 spiro atoms. The van der Waals surface area contributed by atoms with E-state index in [0.29, 0.717) is 17.4 Å². The Kier molecular flexibility index (Phi) is 3.62. The number of anilines is 1. The van der Waals surface area contributed by atoms with Crippen LogP contribution in [0, 0.1) is 6.92 Å². The fourth-order valence-electron chi connectivity index (χ4n) is 2.22. The predicted molar refractivity (Wildman–Crippen MR) is 84.4 cm³/mol. The number of rotatable bonds is 4. The summed E-state index contributed by atoms with van der Waals surface area (Å²) in [6, 6.07) is 2.13. The second kappa shape index (κ2) is 5.31. The van der Waals surface area contributed by atoms with E-state index in [-0.39, 0.29) is 10.8 Å². The quantitative estimate of drug-likeness (QED) is 0.859. The molecule has 1 aliphatic carbocycles. The van der Waals surface area contributed by atoms with Gasteiger partial charge in [0, 0.05) is 16.7 Å². The van der Waals surface area contributed by atoms with E-state index < -0.39 is 5.97 Å². The van der Waals surface area contributed by atoms with Crippen molar-refractivity contribution >= 4 is 44.8 Å². The van der Waals surface area contributed by atoms with Crippen molar-refractivity contribution in [3.05, 3.63) is 38.3 Å². The molecular weight excluding hydrogens is 356 g/mol. The summed E-state index contributed by atoms with van der Waals surface area (Å²) in [5.41, 5.74) is 1.69. The lowest BCUT2D eigenvalue weighted by atomic mass is 10.2. The van der Waals surface area contributed by atoms with E-state index >= 15 is 0 Å². The van der Waals surface area contributed by atoms with E-state index in [0.717, 1.165) is 34.2 Å². The average Bonchev–Trinajstić information content (AvgIpc) is 3.10. The fourth-order valence-corrected chi connectivity index (χ4v) is 3.50. The van der Waals surface area contributed by atoms with Crippen LogP contribution < -0.4 is 5.32 Å². The smallest absolute Gasteiger partial charge is 0.348 e. The Morgan fingerprint density at radius 1 is 1.48 bits per heavy atom. The van der Waals surface area contributed by atoms with Gasteiger partial charge in [-0.05, 0) is 52.7 Å². The van der Waals surface area contributed by atoms with E-state index in [1.54, 1.807) is 18.4 Å². The Bertz CT molecular complexity index is 731. The third kappa shape index (κ3) is 2.75. The Hall–Kier alpha value is -1.60. The molecule has 3 rings (SSSR count). The third-order valence-electron chi connectivity index (χ3n) is 3.40. The summed E-state index contributed by atoms with van der Waals surface area (Å²) >= 11 is 4.50. The van der Waals surface area contributed by atoms with Crippen molar-refractivity contribution in [2.45, 2.75) is 25.8 Å². The molecule has 0 atom stereocenters. The van der Waals surface area contributed by atoms with Gasteiger partial charge in [-0.25, -0.2) is 4.79 Å². The van der Waals surface area contributed by atoms with Crippen LogP contribution in [0.2, 0.25) is 0 Å². The molecule has 7 heteroatoms. The van der Waals surface area contributed by atoms with Crippen molar-refractivity contribution < 1.29 is 14.7 Å². The molecule has 1 saturated carbocycles. The van der Waals surface area contributed by atoms with Crippen molar-refractivity contribution in [2.75, 3.05) is 5.32 Å². The lowest BCUT2D eigenvalue weighted by Crippen LogP contribution is -2.17. The van der Waals surface area contributed by atoms with Crippen molar-refractivity contribution in [1.29, 1.82) is 0 Å². The molecular formula is C14H13BrN2O3S. The highest BCUT2D eigenvalue weighted by atomic mass is 79.9. The minimum Gasteiger partial charge on any atom is -0.477 e. The minimum absolute atomic E-state index is 0.157. The SMILES string of the molecule is Cc1csc(C(=O)O)c1NC(=O)c1cc(Br)cn1C1CC1. The Labute approximate surface area is 133 Å². The van der Waals surface area contributed by atoms with Crippen molar-refractivity contribution in [1.82, 2.24) is 4.57 Å². The molecule has 21 heavy (non-hydrogen) atoms. The number of carboxylic acid groups (broad SMARTS) is 1. The van der Waals surface area contributed by atoms with Crippen LogP contribution in [0.5, 0.6) is 0 Å². The van der Waals surface area contributed by atoms with Crippen molar-refractivity contribution in [2.24, 2.45) is 0 Å². The van der Waals surface area contributed by atoms with Gasteiger partial charge < -0.3 is 15.0 Å². The van der Waals surface area contributed by atoms with E-state index in [2.05, 4.69) is 21.2 Å². The summed E-state index contributed by atoms with van der Waals surface area (Å²) in [5.74, 6) is -1.31. The summed E-state index contributed by atoms with van der Waals surface area (Å²) in [4.78, 5) is 23.8. The lowest BCUT2D eigenvalue weighted by Gasteiger charge is -2.09. The number of nitrogens with zero attached hydrogens (tertiary/aromatic N) is 1. The number of thiophene rings is 1. The highest BCUT2D eigenvalue weighted by Gasteiger charge is 2.28. The molecule has 2 N–H and O–H groups in total. The van der Waals surface area contributed by atoms with Crippen LogP contribution in [-0.2, 0) is 0 Å². The highest BCUT2D eigenvalue weighted by molar-refractivity contribution is 9.10. The van der Waals surface area contributed by atoms with Gasteiger partial charge >= 0.3 is 5.97 Å². The van der Waals surface area contributed by atoms with Gasteiger partial charge in [0.2, 0.25) is 0 Å². The summed E-state index contributed by atoms with van der Waals surface area (Å²) < 4.78 is 2.79. The maximum Gasteiger partial charge on any atom is 0.348 e. The van der Waals surface area contributed by atoms with E-state index in [4.69, 9.17) is 5.11 Å². The first kappa shape index (κ1) is 14.3. The molecule has 2 heterocycles. The molecule has 0 aliphatic heterocycles. The van der Waals surface area contributed by atoms with Gasteiger partial charge in [-0.3, -0.25) is 4.79 Å². The zero-order chi connectivity index (χ0) is 15.1. The first-order chi connectivity index (χ1) is 9.97. The van der Waals surface area contributed by atoms with Crippen LogP contribution in [0.4, 0.5) is 5.69 Å². The van der Waals surface area contributed by atoms with Crippen LogP contribution in [0.25, 0.3) is 0 Å². The average molecular weight is 369 g/mol. The third-order valence-corrected chi connectivity index (χ3v) is 4.92. The summed E-state index contributed by atoms with van der Waals surface area (Å²) in [5, 5.41) is 13.6. The van der Waals surface area contributed by atoms with Crippen LogP contribution >= 0.6 is 27.3 Å². The molecule has 110 valence electrons. The number of aromatic nitrogens is 1. The lowest BCUT2D eigenvalue weighted by molar-refractivity contribution is 0.0703. The van der Waals surface area contributed by atoms with E-state index in [1.165, 1.54) is 0 Å². The number of halogens is 1. The molecule has 0 aromatic carbocycles. The minimum atomic E-state index is -1.03. The maximum absolute atomic E-state index is 12.5. The zero-order valence-corrected chi connectivity index (χ0v) is 13.6. The van der Waals surface area contributed by atoms with Crippen molar-refractivity contribution in [3.8, 4) is 0 Å². The molecule has 0 unspecified atom stereocenters. The maximum atomic E-state index is 12.5. The summed E-state index contributed by atoms with van der Waals surface area (Å²) in [7, 11) is 0. The molecule has 2 aromatic heterocycles. The second-order valence-electron chi connectivity index (χ2n) is 5.06. The first-order valence-electron chi connectivity index (χ1n) is 6.47. The second-order valence-corrected chi connectivity index (χ2v) is 6.86. The van der Waals surface area contributed by atoms with Gasteiger partial charge in [0.1, 0.15) is 10.6 Å². The van der Waals surface area contributed by atoms with Crippen molar-refractivity contribution in [3.63, 3.8) is 0 Å². The first-order valence-corrected chi connectivity index (χ1v) is 8.14. The molecule has 5 nitrogen and oxygen atoms in total. The number of nitrogens with one attached hydrogen (secondary N) is 1. The monoisotopic (exact) mass is 368 g/mol. The van der Waals surface area contributed by atoms with Crippen LogP contribution in [0.3, 0.4) is 0 Å². The van der Waals surface area contributed by atoms with E-state index in [9.17, 15) is 9.59 Å². The standard InChI is InChI=1S/C14H13BrN2O3S/c1-7-6-21-12(14(19)20)11(7)16-13(18)10-4-8(15)5-17(10)9-2-3-9/h4-6,9H,2-3H2,1H3,(H,16,18)(H,19,20). The number of hydrogen-bond donors (Lipinski definition) is 2. The predicted octanol–water partition coefficient (Wildman–Crippen LogP) is 3.91. The van der Waals surface area contributed by atoms with E-state index in [1.807, 2.05) is 10.8 Å². The molecule has 2 aromatic rings. The van der Waals surface area contributed by atoms with Gasteiger partial charge in [0.25, 0.3) is 5.91 Å². The molecule has 1 amide bonds. The number of carboxylic acids is 1. The number of aromatic carboxylic acids is 1. The Morgan fingerprint density at radius 2 is 2.19 bits per heavy atom. The molecule has 0 bridgehead atoms. The number of hydrogen-bond acceptors (Lipinski definition) is 3. The van der Waals surface area contributed by atoms with Crippen LogP contribution in [-0.4, -0.2) is 21.6 Å². The van der Waals surface area contributed by atoms with Gasteiger partial charge in [-0.2, -0.15) is 0 Å². The summed E-state index contributed by atoms with van der Waals surface area (Å²) in [6.07, 6.45) is 4.03. The van der Waals surface area contributed by atoms with Gasteiger partial charge in [-0.15, -0.1) is 11.3 Å². The summed E-state index contributed by atoms with van der Waals surface area (Å²) in [6.45, 7) is 1.79. The topological polar surface area (TPSA) is 71.3 Å². The normalized spacial score (nSPS) is 14.2. The van der Waals surface area contributed by atoms with Gasteiger partial charge in [0.15, 0.2) is 0 Å². The van der Waals surface area contributed by atoms with Crippen LogP contribution in [0.1, 0.15) is 44.6 Å². The van der Waals surface area contributed by atoms with Gasteiger partial charge in [0.05, 0.1) is 5.69 Å². The Balaban J connectivity index is 1.90. The van der Waals surface area contributed by atoms with Crippen LogP contribution in [0.15, 0.2) is 22.1 Å².